The van der Waals surface area contributed by atoms with Gasteiger partial charge in [-0.15, -0.1) is 11.8 Å². The van der Waals surface area contributed by atoms with Crippen LogP contribution in [-0.4, -0.2) is 23.1 Å². The van der Waals surface area contributed by atoms with E-state index in [-0.39, 0.29) is 23.3 Å². The molecule has 2 aromatic rings. The summed E-state index contributed by atoms with van der Waals surface area (Å²) >= 11 is 1.65. The number of rotatable bonds is 6. The average Bonchev–Trinajstić information content (AvgIpc) is 2.59. The zero-order valence-electron chi connectivity index (χ0n) is 15.7. The first kappa shape index (κ1) is 20.0. The van der Waals surface area contributed by atoms with E-state index in [9.17, 15) is 9.59 Å². The Morgan fingerprint density at radius 2 is 1.62 bits per heavy atom. The van der Waals surface area contributed by atoms with Crippen molar-refractivity contribution in [2.24, 2.45) is 5.92 Å². The van der Waals surface area contributed by atoms with Gasteiger partial charge in [-0.3, -0.25) is 9.59 Å². The first-order valence-corrected chi connectivity index (χ1v) is 9.65. The van der Waals surface area contributed by atoms with Crippen LogP contribution in [0.3, 0.4) is 0 Å². The molecule has 0 heterocycles. The number of carbonyl (C=O) groups is 2. The topological polar surface area (TPSA) is 58.2 Å². The highest BCUT2D eigenvalue weighted by Gasteiger charge is 2.20. The maximum absolute atomic E-state index is 12.5. The van der Waals surface area contributed by atoms with Crippen molar-refractivity contribution in [2.75, 3.05) is 11.1 Å². The van der Waals surface area contributed by atoms with Crippen LogP contribution in [0.5, 0.6) is 0 Å². The van der Waals surface area contributed by atoms with Crippen LogP contribution in [0.4, 0.5) is 5.69 Å². The van der Waals surface area contributed by atoms with Crippen LogP contribution in [0, 0.1) is 5.92 Å². The predicted octanol–water partition coefficient (Wildman–Crippen LogP) is 4.58. The van der Waals surface area contributed by atoms with E-state index in [2.05, 4.69) is 10.6 Å². The molecule has 0 fully saturated rings. The minimum Gasteiger partial charge on any atom is -0.347 e. The summed E-state index contributed by atoms with van der Waals surface area (Å²) in [6.07, 6.45) is 0. The highest BCUT2D eigenvalue weighted by Crippen LogP contribution is 2.22. The molecule has 0 saturated heterocycles. The quantitative estimate of drug-likeness (QED) is 0.732. The summed E-state index contributed by atoms with van der Waals surface area (Å²) in [7, 11) is 0. The summed E-state index contributed by atoms with van der Waals surface area (Å²) in [4.78, 5) is 26.2. The van der Waals surface area contributed by atoms with Gasteiger partial charge in [0, 0.05) is 22.1 Å². The van der Waals surface area contributed by atoms with Crippen LogP contribution in [0.1, 0.15) is 38.1 Å². The Morgan fingerprint density at radius 1 is 1.00 bits per heavy atom. The van der Waals surface area contributed by atoms with Crippen LogP contribution in [0.2, 0.25) is 0 Å². The largest absolute Gasteiger partial charge is 0.347 e. The second kappa shape index (κ2) is 8.90. The smallest absolute Gasteiger partial charge is 0.253 e. The normalized spacial score (nSPS) is 12.3. The van der Waals surface area contributed by atoms with E-state index in [0.717, 1.165) is 4.90 Å². The summed E-state index contributed by atoms with van der Waals surface area (Å²) in [5.41, 5.74) is 0.669. The molecule has 138 valence electrons. The van der Waals surface area contributed by atoms with E-state index in [1.807, 2.05) is 64.1 Å². The van der Waals surface area contributed by atoms with Crippen molar-refractivity contribution in [1.29, 1.82) is 0 Å². The van der Waals surface area contributed by atoms with Crippen LogP contribution in [0.25, 0.3) is 0 Å². The van der Waals surface area contributed by atoms with E-state index in [0.29, 0.717) is 17.0 Å². The van der Waals surface area contributed by atoms with Crippen molar-refractivity contribution in [3.8, 4) is 0 Å². The molecule has 26 heavy (non-hydrogen) atoms. The zero-order chi connectivity index (χ0) is 19.2. The van der Waals surface area contributed by atoms with Crippen LogP contribution in [-0.2, 0) is 4.79 Å². The lowest BCUT2D eigenvalue weighted by atomic mass is 10.1. The Morgan fingerprint density at radius 3 is 2.27 bits per heavy atom. The van der Waals surface area contributed by atoms with Gasteiger partial charge >= 0.3 is 0 Å². The Hall–Kier alpha value is -2.27. The monoisotopic (exact) mass is 370 g/mol. The maximum atomic E-state index is 12.5. The predicted molar refractivity (Wildman–Crippen MR) is 109 cm³/mol. The van der Waals surface area contributed by atoms with Gasteiger partial charge in [0.15, 0.2) is 0 Å². The Balaban J connectivity index is 2.01. The molecule has 4 nitrogen and oxygen atoms in total. The lowest BCUT2D eigenvalue weighted by Gasteiger charge is -2.22. The first-order valence-electron chi connectivity index (χ1n) is 8.66. The summed E-state index contributed by atoms with van der Waals surface area (Å²) in [6, 6.07) is 17.1. The minimum atomic E-state index is -0.339. The number of carbonyl (C=O) groups excluding carboxylic acids is 2. The Bertz CT molecular complexity index is 754. The molecule has 0 saturated carbocycles. The molecular formula is C21H26N2O2S. The van der Waals surface area contributed by atoms with Gasteiger partial charge in [0.2, 0.25) is 5.91 Å². The van der Waals surface area contributed by atoms with Gasteiger partial charge in [0.05, 0.1) is 11.3 Å². The van der Waals surface area contributed by atoms with Crippen molar-refractivity contribution in [1.82, 2.24) is 5.32 Å². The molecular weight excluding hydrogens is 344 g/mol. The number of benzene rings is 2. The fraction of sp³-hybridized carbons (Fsp3) is 0.333. The third kappa shape index (κ3) is 6.23. The molecule has 0 aliphatic rings. The van der Waals surface area contributed by atoms with Gasteiger partial charge in [0.25, 0.3) is 5.91 Å². The molecule has 2 amide bonds. The lowest BCUT2D eigenvalue weighted by Crippen LogP contribution is -2.41. The van der Waals surface area contributed by atoms with Crippen LogP contribution < -0.4 is 10.6 Å². The van der Waals surface area contributed by atoms with E-state index < -0.39 is 0 Å². The molecule has 2 aromatic carbocycles. The number of nitrogens with one attached hydrogen (secondary N) is 2. The number of thioether (sulfide) groups is 1. The number of hydrogen-bond donors (Lipinski definition) is 2. The fourth-order valence-corrected chi connectivity index (χ4v) is 3.21. The van der Waals surface area contributed by atoms with Crippen LogP contribution >= 0.6 is 11.8 Å². The molecule has 2 N–H and O–H groups in total. The average molecular weight is 371 g/mol. The van der Waals surface area contributed by atoms with E-state index >= 15 is 0 Å². The van der Waals surface area contributed by atoms with Crippen LogP contribution in [0.15, 0.2) is 59.5 Å². The maximum Gasteiger partial charge on any atom is 0.253 e. The van der Waals surface area contributed by atoms with Gasteiger partial charge in [-0.05, 0) is 45.0 Å². The van der Waals surface area contributed by atoms with Gasteiger partial charge in [-0.2, -0.15) is 0 Å². The highest BCUT2D eigenvalue weighted by atomic mass is 32.2. The van der Waals surface area contributed by atoms with Crippen molar-refractivity contribution in [2.45, 2.75) is 38.1 Å². The van der Waals surface area contributed by atoms with E-state index in [1.54, 1.807) is 30.0 Å². The van der Waals surface area contributed by atoms with Gasteiger partial charge in [0.1, 0.15) is 0 Å². The standard InChI is InChI=1S/C21H26N2O2S/c1-15(14-26-16-10-6-5-7-11-16)19(24)22-18-13-9-8-12-17(18)20(25)23-21(2,3)4/h5-13,15H,14H2,1-4H3,(H,22,24)(H,23,25). The Labute approximate surface area is 159 Å². The molecule has 5 heteroatoms. The van der Waals surface area contributed by atoms with Gasteiger partial charge in [-0.1, -0.05) is 37.3 Å². The second-order valence-corrected chi connectivity index (χ2v) is 8.36. The second-order valence-electron chi connectivity index (χ2n) is 7.26. The third-order valence-corrected chi connectivity index (χ3v) is 4.88. The molecule has 0 spiro atoms. The van der Waals surface area contributed by atoms with Crippen molar-refractivity contribution >= 4 is 29.3 Å². The number of hydrogen-bond acceptors (Lipinski definition) is 3. The Kier molecular flexibility index (Phi) is 6.86. The minimum absolute atomic E-state index is 0.0931. The van der Waals surface area contributed by atoms with Gasteiger partial charge in [-0.25, -0.2) is 0 Å². The molecule has 0 aliphatic heterocycles. The molecule has 0 radical (unpaired) electrons. The third-order valence-electron chi connectivity index (χ3n) is 3.61. The first-order chi connectivity index (χ1) is 12.3. The summed E-state index contributed by atoms with van der Waals surface area (Å²) in [5.74, 6) is 0.203. The van der Waals surface area contributed by atoms with E-state index in [1.165, 1.54) is 0 Å². The van der Waals surface area contributed by atoms with Crippen molar-refractivity contribution < 1.29 is 9.59 Å². The fourth-order valence-electron chi connectivity index (χ4n) is 2.27. The van der Waals surface area contributed by atoms with Crippen molar-refractivity contribution in [3.05, 3.63) is 60.2 Å². The number of anilines is 1. The highest BCUT2D eigenvalue weighted by molar-refractivity contribution is 7.99. The lowest BCUT2D eigenvalue weighted by molar-refractivity contribution is -0.118. The summed E-state index contributed by atoms with van der Waals surface area (Å²) < 4.78 is 0. The number of amides is 2. The molecule has 0 aromatic heterocycles. The molecule has 0 bridgehead atoms. The van der Waals surface area contributed by atoms with Crippen molar-refractivity contribution in [3.63, 3.8) is 0 Å². The molecule has 0 aliphatic carbocycles. The zero-order valence-corrected chi connectivity index (χ0v) is 16.5. The molecule has 2 rings (SSSR count). The molecule has 1 atom stereocenters. The summed E-state index contributed by atoms with van der Waals surface area (Å²) in [5, 5.41) is 5.83. The van der Waals surface area contributed by atoms with E-state index in [4.69, 9.17) is 0 Å². The summed E-state index contributed by atoms with van der Waals surface area (Å²) in [6.45, 7) is 7.67. The number of para-hydroxylation sites is 1. The molecule has 1 unspecified atom stereocenters. The SMILES string of the molecule is CC(CSc1ccccc1)C(=O)Nc1ccccc1C(=O)NC(C)(C)C. The van der Waals surface area contributed by atoms with Gasteiger partial charge < -0.3 is 10.6 Å².